The Labute approximate surface area is 228 Å². The zero-order chi connectivity index (χ0) is 27.2. The second-order valence-electron chi connectivity index (χ2n) is 10.2. The lowest BCUT2D eigenvalue weighted by atomic mass is 10.0. The zero-order valence-electron chi connectivity index (χ0n) is 22.2. The smallest absolute Gasteiger partial charge is 0.243 e. The highest BCUT2D eigenvalue weighted by Crippen LogP contribution is 2.21. The minimum Gasteiger partial charge on any atom is -0.350 e. The van der Waals surface area contributed by atoms with E-state index in [1.807, 2.05) is 73.8 Å². The number of fused-ring (bicyclic) bond motifs is 1. The SMILES string of the molecule is Cn1nnc2cc(CNC(=O)[C@@H]3C[C@H](NCc4ccccc4)CN3C(=O)[C@H](N)CCc3ccccc3)ccc21. The molecule has 0 aliphatic carbocycles. The minimum atomic E-state index is -0.674. The number of carbonyl (C=O) groups is 2. The molecule has 3 atom stereocenters. The van der Waals surface area contributed by atoms with Gasteiger partial charge in [-0.25, -0.2) is 4.68 Å². The number of nitrogens with two attached hydrogens (primary N) is 1. The average Bonchev–Trinajstić information content (AvgIpc) is 3.57. The van der Waals surface area contributed by atoms with Crippen LogP contribution in [0.25, 0.3) is 11.0 Å². The third-order valence-corrected chi connectivity index (χ3v) is 7.37. The molecule has 1 aliphatic rings. The molecule has 1 aliphatic heterocycles. The molecule has 2 amide bonds. The Kier molecular flexibility index (Phi) is 8.29. The third-order valence-electron chi connectivity index (χ3n) is 7.37. The van der Waals surface area contributed by atoms with Crippen molar-refractivity contribution < 1.29 is 9.59 Å². The molecule has 1 aromatic heterocycles. The molecule has 1 saturated heterocycles. The van der Waals surface area contributed by atoms with E-state index in [1.54, 1.807) is 9.58 Å². The number of aromatic nitrogens is 3. The molecule has 0 unspecified atom stereocenters. The Balaban J connectivity index is 1.24. The first kappa shape index (κ1) is 26.5. The first-order valence-corrected chi connectivity index (χ1v) is 13.4. The Bertz CT molecular complexity index is 1410. The number of amides is 2. The average molecular weight is 526 g/mol. The van der Waals surface area contributed by atoms with E-state index in [0.29, 0.717) is 38.9 Å². The van der Waals surface area contributed by atoms with Crippen molar-refractivity contribution in [2.75, 3.05) is 6.54 Å². The minimum absolute atomic E-state index is 0.0119. The van der Waals surface area contributed by atoms with Gasteiger partial charge in [0, 0.05) is 32.7 Å². The number of likely N-dealkylation sites (tertiary alicyclic amines) is 1. The number of carbonyl (C=O) groups excluding carboxylic acids is 2. The fourth-order valence-electron chi connectivity index (χ4n) is 5.14. The molecule has 3 aromatic carbocycles. The van der Waals surface area contributed by atoms with Crippen LogP contribution in [0.1, 0.15) is 29.5 Å². The predicted octanol–water partition coefficient (Wildman–Crippen LogP) is 2.30. The summed E-state index contributed by atoms with van der Waals surface area (Å²) in [7, 11) is 1.84. The number of rotatable bonds is 10. The molecule has 9 heteroatoms. The van der Waals surface area contributed by atoms with Gasteiger partial charge in [0.2, 0.25) is 11.8 Å². The summed E-state index contributed by atoms with van der Waals surface area (Å²) in [5, 5.41) is 14.8. The van der Waals surface area contributed by atoms with Crippen LogP contribution in [-0.4, -0.2) is 56.4 Å². The van der Waals surface area contributed by atoms with Crippen molar-refractivity contribution >= 4 is 22.8 Å². The maximum absolute atomic E-state index is 13.5. The number of hydrogen-bond acceptors (Lipinski definition) is 6. The molecule has 0 bridgehead atoms. The summed E-state index contributed by atoms with van der Waals surface area (Å²) in [5.74, 6) is -0.363. The van der Waals surface area contributed by atoms with Gasteiger partial charge in [-0.15, -0.1) is 5.10 Å². The van der Waals surface area contributed by atoms with Crippen molar-refractivity contribution in [1.82, 2.24) is 30.5 Å². The van der Waals surface area contributed by atoms with Gasteiger partial charge in [-0.1, -0.05) is 71.9 Å². The van der Waals surface area contributed by atoms with Gasteiger partial charge in [0.15, 0.2) is 0 Å². The van der Waals surface area contributed by atoms with Crippen molar-refractivity contribution in [3.05, 3.63) is 95.6 Å². The summed E-state index contributed by atoms with van der Waals surface area (Å²) in [6, 6.07) is 24.6. The molecule has 0 radical (unpaired) electrons. The summed E-state index contributed by atoms with van der Waals surface area (Å²) in [6.07, 6.45) is 1.76. The van der Waals surface area contributed by atoms with Crippen molar-refractivity contribution in [2.45, 2.75) is 50.5 Å². The molecule has 39 heavy (non-hydrogen) atoms. The van der Waals surface area contributed by atoms with Gasteiger partial charge in [0.1, 0.15) is 11.6 Å². The van der Waals surface area contributed by atoms with Crippen LogP contribution in [0.5, 0.6) is 0 Å². The van der Waals surface area contributed by atoms with Crippen LogP contribution >= 0.6 is 0 Å². The summed E-state index contributed by atoms with van der Waals surface area (Å²) in [6.45, 7) is 1.44. The van der Waals surface area contributed by atoms with Gasteiger partial charge < -0.3 is 21.3 Å². The quantitative estimate of drug-likeness (QED) is 0.292. The summed E-state index contributed by atoms with van der Waals surface area (Å²) in [5.41, 5.74) is 11.3. The van der Waals surface area contributed by atoms with E-state index in [1.165, 1.54) is 0 Å². The highest BCUT2D eigenvalue weighted by molar-refractivity contribution is 5.90. The number of nitrogens with zero attached hydrogens (tertiary/aromatic N) is 4. The van der Waals surface area contributed by atoms with E-state index in [2.05, 4.69) is 33.1 Å². The molecule has 0 spiro atoms. The Morgan fingerprint density at radius 1 is 0.974 bits per heavy atom. The first-order valence-electron chi connectivity index (χ1n) is 13.4. The lowest BCUT2D eigenvalue weighted by Gasteiger charge is -2.26. The monoisotopic (exact) mass is 525 g/mol. The fraction of sp³-hybridized carbons (Fsp3) is 0.333. The van der Waals surface area contributed by atoms with E-state index in [4.69, 9.17) is 5.73 Å². The largest absolute Gasteiger partial charge is 0.350 e. The van der Waals surface area contributed by atoms with Crippen LogP contribution in [0, 0.1) is 0 Å². The Hall–Kier alpha value is -4.08. The predicted molar refractivity (Wildman–Crippen MR) is 150 cm³/mol. The van der Waals surface area contributed by atoms with E-state index in [0.717, 1.165) is 27.7 Å². The van der Waals surface area contributed by atoms with Gasteiger partial charge in [-0.3, -0.25) is 9.59 Å². The normalized spacial score (nSPS) is 17.8. The van der Waals surface area contributed by atoms with Gasteiger partial charge >= 0.3 is 0 Å². The molecule has 4 aromatic rings. The summed E-state index contributed by atoms with van der Waals surface area (Å²) in [4.78, 5) is 28.6. The lowest BCUT2D eigenvalue weighted by Crippen LogP contribution is -2.51. The van der Waals surface area contributed by atoms with Crippen LogP contribution in [0.15, 0.2) is 78.9 Å². The van der Waals surface area contributed by atoms with Crippen molar-refractivity contribution in [3.8, 4) is 0 Å². The summed E-state index contributed by atoms with van der Waals surface area (Å²) >= 11 is 0. The maximum atomic E-state index is 13.5. The second-order valence-corrected chi connectivity index (χ2v) is 10.2. The Morgan fingerprint density at radius 3 is 2.44 bits per heavy atom. The van der Waals surface area contributed by atoms with Crippen molar-refractivity contribution in [1.29, 1.82) is 0 Å². The highest BCUT2D eigenvalue weighted by atomic mass is 16.2. The fourth-order valence-corrected chi connectivity index (χ4v) is 5.14. The van der Waals surface area contributed by atoms with Gasteiger partial charge in [-0.2, -0.15) is 0 Å². The number of hydrogen-bond donors (Lipinski definition) is 3. The second kappa shape index (κ2) is 12.2. The lowest BCUT2D eigenvalue weighted by molar-refractivity contribution is -0.139. The summed E-state index contributed by atoms with van der Waals surface area (Å²) < 4.78 is 1.71. The molecule has 5 rings (SSSR count). The zero-order valence-corrected chi connectivity index (χ0v) is 22.2. The third kappa shape index (κ3) is 6.50. The molecule has 202 valence electrons. The Morgan fingerprint density at radius 2 is 1.69 bits per heavy atom. The van der Waals surface area contributed by atoms with Gasteiger partial charge in [0.05, 0.1) is 11.6 Å². The van der Waals surface area contributed by atoms with Gasteiger partial charge in [0.25, 0.3) is 0 Å². The first-order chi connectivity index (χ1) is 19.0. The molecular weight excluding hydrogens is 490 g/mol. The number of benzene rings is 3. The van der Waals surface area contributed by atoms with Crippen molar-refractivity contribution in [2.24, 2.45) is 12.8 Å². The van der Waals surface area contributed by atoms with E-state index >= 15 is 0 Å². The van der Waals surface area contributed by atoms with Crippen molar-refractivity contribution in [3.63, 3.8) is 0 Å². The molecule has 9 nitrogen and oxygen atoms in total. The number of nitrogens with one attached hydrogen (secondary N) is 2. The molecule has 2 heterocycles. The number of aryl methyl sites for hydroxylation is 2. The van der Waals surface area contributed by atoms with Gasteiger partial charge in [-0.05, 0) is 48.1 Å². The van der Waals surface area contributed by atoms with E-state index in [9.17, 15) is 9.59 Å². The standard InChI is InChI=1S/C30H35N7O2/c1-36-27-15-13-23(16-26(27)34-35-36)19-33-29(38)28-17-24(32-18-22-10-6-3-7-11-22)20-37(28)30(39)25(31)14-12-21-8-4-2-5-9-21/h2-11,13,15-16,24-25,28,32H,12,14,17-20,31H2,1H3,(H,33,38)/t24-,25+,28-/m0/s1. The topological polar surface area (TPSA) is 118 Å². The molecule has 4 N–H and O–H groups in total. The molecule has 1 fully saturated rings. The maximum Gasteiger partial charge on any atom is 0.243 e. The van der Waals surface area contributed by atoms with Crippen LogP contribution < -0.4 is 16.4 Å². The van der Waals surface area contributed by atoms with E-state index in [-0.39, 0.29) is 17.9 Å². The molecule has 0 saturated carbocycles. The highest BCUT2D eigenvalue weighted by Gasteiger charge is 2.40. The van der Waals surface area contributed by atoms with E-state index < -0.39 is 12.1 Å². The van der Waals surface area contributed by atoms with Crippen LogP contribution in [0.3, 0.4) is 0 Å². The van der Waals surface area contributed by atoms with Crippen LogP contribution in [-0.2, 0) is 36.1 Å². The van der Waals surface area contributed by atoms with Crippen LogP contribution in [0.4, 0.5) is 0 Å². The molecular formula is C30H35N7O2. The van der Waals surface area contributed by atoms with Crippen LogP contribution in [0.2, 0.25) is 0 Å².